The Balaban J connectivity index is 1.45. The maximum absolute atomic E-state index is 4.89. The first-order valence-electron chi connectivity index (χ1n) is 11.8. The van der Waals surface area contributed by atoms with Crippen LogP contribution in [0, 0.1) is 6.92 Å². The summed E-state index contributed by atoms with van der Waals surface area (Å²) in [6.07, 6.45) is 2.31. The van der Waals surface area contributed by atoms with Gasteiger partial charge in [-0.15, -0.1) is 10.2 Å². The molecule has 0 amide bonds. The molecule has 2 atom stereocenters. The second-order valence-electron chi connectivity index (χ2n) is 8.87. The molecule has 174 valence electrons. The third-order valence-electron chi connectivity index (χ3n) is 6.31. The minimum atomic E-state index is 0.141. The lowest BCUT2D eigenvalue weighted by molar-refractivity contribution is 0.192. The van der Waals surface area contributed by atoms with E-state index in [-0.39, 0.29) is 6.04 Å². The van der Waals surface area contributed by atoms with Crippen LogP contribution in [0.2, 0.25) is 0 Å². The summed E-state index contributed by atoms with van der Waals surface area (Å²) < 4.78 is 1.99. The summed E-state index contributed by atoms with van der Waals surface area (Å²) in [5.74, 6) is 2.57. The Bertz CT molecular complexity index is 1030. The van der Waals surface area contributed by atoms with E-state index in [4.69, 9.17) is 4.99 Å². The lowest BCUT2D eigenvalue weighted by Crippen LogP contribution is -2.51. The van der Waals surface area contributed by atoms with Crippen LogP contribution in [0.3, 0.4) is 0 Å². The van der Waals surface area contributed by atoms with Crippen LogP contribution in [0.15, 0.2) is 65.7 Å². The number of rotatable bonds is 7. The van der Waals surface area contributed by atoms with Gasteiger partial charge in [-0.05, 0) is 44.4 Å². The molecule has 0 bridgehead atoms. The largest absolute Gasteiger partial charge is 0.352 e. The molecule has 3 aromatic rings. The molecule has 1 saturated heterocycles. The first-order chi connectivity index (χ1) is 16.1. The monoisotopic (exact) mass is 445 g/mol. The molecule has 1 fully saturated rings. The Morgan fingerprint density at radius 2 is 1.82 bits per heavy atom. The van der Waals surface area contributed by atoms with Gasteiger partial charge in [0.1, 0.15) is 12.4 Å². The highest BCUT2D eigenvalue weighted by Gasteiger charge is 2.21. The minimum absolute atomic E-state index is 0.141. The summed E-state index contributed by atoms with van der Waals surface area (Å²) in [4.78, 5) is 7.42. The fourth-order valence-electron chi connectivity index (χ4n) is 4.25. The average molecular weight is 446 g/mol. The zero-order valence-electron chi connectivity index (χ0n) is 19.9. The fourth-order valence-corrected chi connectivity index (χ4v) is 4.25. The minimum Gasteiger partial charge on any atom is -0.352 e. The van der Waals surface area contributed by atoms with Gasteiger partial charge >= 0.3 is 0 Å². The van der Waals surface area contributed by atoms with E-state index >= 15 is 0 Å². The highest BCUT2D eigenvalue weighted by molar-refractivity contribution is 5.80. The van der Waals surface area contributed by atoms with Crippen LogP contribution in [-0.2, 0) is 20.1 Å². The van der Waals surface area contributed by atoms with E-state index in [2.05, 4.69) is 87.3 Å². The van der Waals surface area contributed by atoms with Gasteiger partial charge in [-0.2, -0.15) is 0 Å². The van der Waals surface area contributed by atoms with E-state index in [1.165, 1.54) is 17.5 Å². The maximum atomic E-state index is 4.89. The summed E-state index contributed by atoms with van der Waals surface area (Å²) in [7, 11) is 1.98. The Kier molecular flexibility index (Phi) is 7.73. The summed E-state index contributed by atoms with van der Waals surface area (Å²) in [5.41, 5.74) is 2.59. The molecule has 33 heavy (non-hydrogen) atoms. The van der Waals surface area contributed by atoms with E-state index in [1.54, 1.807) is 0 Å². The molecular formula is C26H35N7. The number of piperidine rings is 1. The standard InChI is InChI=1S/C26H35N7/c1-20(23-13-8-5-9-14-23)28-26(27-17-25-31-30-21(2)32(25)3)29-24-15-10-16-33(19-24)18-22-11-6-4-7-12-22/h4-9,11-14,20,24H,10,15-19H2,1-3H3,(H2,27,28,29). The third-order valence-corrected chi connectivity index (χ3v) is 6.31. The van der Waals surface area contributed by atoms with Gasteiger partial charge in [0.15, 0.2) is 11.8 Å². The van der Waals surface area contributed by atoms with Crippen LogP contribution in [0.25, 0.3) is 0 Å². The van der Waals surface area contributed by atoms with Crippen molar-refractivity contribution in [2.75, 3.05) is 13.1 Å². The van der Waals surface area contributed by atoms with Gasteiger partial charge in [0, 0.05) is 26.2 Å². The quantitative estimate of drug-likeness (QED) is 0.430. The molecule has 2 heterocycles. The molecular weight excluding hydrogens is 410 g/mol. The molecule has 0 spiro atoms. The van der Waals surface area contributed by atoms with Crippen LogP contribution in [-0.4, -0.2) is 44.8 Å². The molecule has 2 aromatic carbocycles. The van der Waals surface area contributed by atoms with Crippen molar-refractivity contribution in [2.45, 2.75) is 51.9 Å². The predicted octanol–water partition coefficient (Wildman–Crippen LogP) is 3.58. The normalized spacial score (nSPS) is 18.2. The summed E-state index contributed by atoms with van der Waals surface area (Å²) in [6.45, 7) is 7.72. The topological polar surface area (TPSA) is 70.4 Å². The van der Waals surface area contributed by atoms with Crippen LogP contribution in [0.4, 0.5) is 0 Å². The van der Waals surface area contributed by atoms with E-state index in [1.807, 2.05) is 24.6 Å². The van der Waals surface area contributed by atoms with E-state index < -0.39 is 0 Å². The smallest absolute Gasteiger partial charge is 0.192 e. The van der Waals surface area contributed by atoms with Gasteiger partial charge in [0.05, 0.1) is 6.04 Å². The maximum Gasteiger partial charge on any atom is 0.192 e. The number of aryl methyl sites for hydroxylation is 1. The van der Waals surface area contributed by atoms with Gasteiger partial charge in [-0.1, -0.05) is 60.7 Å². The number of hydrogen-bond acceptors (Lipinski definition) is 4. The van der Waals surface area contributed by atoms with E-state index in [0.717, 1.165) is 43.7 Å². The number of nitrogens with zero attached hydrogens (tertiary/aromatic N) is 5. The van der Waals surface area contributed by atoms with Crippen molar-refractivity contribution in [3.63, 3.8) is 0 Å². The van der Waals surface area contributed by atoms with Gasteiger partial charge in [0.25, 0.3) is 0 Å². The summed E-state index contributed by atoms with van der Waals surface area (Å²) in [6, 6.07) is 21.7. The predicted molar refractivity (Wildman–Crippen MR) is 133 cm³/mol. The van der Waals surface area contributed by atoms with Crippen molar-refractivity contribution in [3.8, 4) is 0 Å². The molecule has 1 aromatic heterocycles. The molecule has 1 aliphatic rings. The van der Waals surface area contributed by atoms with Crippen LogP contribution < -0.4 is 10.6 Å². The van der Waals surface area contributed by atoms with Crippen molar-refractivity contribution >= 4 is 5.96 Å². The fraction of sp³-hybridized carbons (Fsp3) is 0.423. The lowest BCUT2D eigenvalue weighted by atomic mass is 10.0. The first kappa shape index (κ1) is 23.0. The van der Waals surface area contributed by atoms with Crippen molar-refractivity contribution in [1.82, 2.24) is 30.3 Å². The van der Waals surface area contributed by atoms with Crippen molar-refractivity contribution < 1.29 is 0 Å². The Labute approximate surface area is 197 Å². The molecule has 0 saturated carbocycles. The van der Waals surface area contributed by atoms with Crippen LogP contribution in [0.5, 0.6) is 0 Å². The number of hydrogen-bond donors (Lipinski definition) is 2. The highest BCUT2D eigenvalue weighted by Crippen LogP contribution is 2.15. The van der Waals surface area contributed by atoms with Crippen LogP contribution >= 0.6 is 0 Å². The molecule has 2 unspecified atom stereocenters. The zero-order chi connectivity index (χ0) is 23.0. The molecule has 7 nitrogen and oxygen atoms in total. The van der Waals surface area contributed by atoms with Crippen LogP contribution in [0.1, 0.15) is 48.6 Å². The average Bonchev–Trinajstić information content (AvgIpc) is 3.16. The van der Waals surface area contributed by atoms with Gasteiger partial charge in [-0.25, -0.2) is 4.99 Å². The van der Waals surface area contributed by atoms with Gasteiger partial charge in [-0.3, -0.25) is 4.90 Å². The molecule has 0 radical (unpaired) electrons. The summed E-state index contributed by atoms with van der Waals surface area (Å²) >= 11 is 0. The van der Waals surface area contributed by atoms with E-state index in [9.17, 15) is 0 Å². The highest BCUT2D eigenvalue weighted by atomic mass is 15.3. The Morgan fingerprint density at radius 1 is 1.09 bits per heavy atom. The van der Waals surface area contributed by atoms with Crippen molar-refractivity contribution in [3.05, 3.63) is 83.4 Å². The second kappa shape index (κ2) is 11.1. The number of guanidine groups is 1. The Morgan fingerprint density at radius 3 is 2.52 bits per heavy atom. The number of benzene rings is 2. The first-order valence-corrected chi connectivity index (χ1v) is 11.8. The molecule has 0 aliphatic carbocycles. The zero-order valence-corrected chi connectivity index (χ0v) is 19.9. The molecule has 1 aliphatic heterocycles. The SMILES string of the molecule is Cc1nnc(CN=C(NC2CCCN(Cc3ccccc3)C2)NC(C)c2ccccc2)n1C. The molecule has 7 heteroatoms. The third kappa shape index (κ3) is 6.42. The summed E-state index contributed by atoms with van der Waals surface area (Å²) in [5, 5.41) is 15.7. The number of aliphatic imine (C=N–C) groups is 1. The van der Waals surface area contributed by atoms with Crippen molar-refractivity contribution in [2.24, 2.45) is 12.0 Å². The number of nitrogens with one attached hydrogen (secondary N) is 2. The van der Waals surface area contributed by atoms with E-state index in [0.29, 0.717) is 12.6 Å². The number of likely N-dealkylation sites (tertiary alicyclic amines) is 1. The number of aromatic nitrogens is 3. The molecule has 2 N–H and O–H groups in total. The van der Waals surface area contributed by atoms with Crippen molar-refractivity contribution in [1.29, 1.82) is 0 Å². The molecule has 4 rings (SSSR count). The lowest BCUT2D eigenvalue weighted by Gasteiger charge is -2.34. The second-order valence-corrected chi connectivity index (χ2v) is 8.87. The van der Waals surface area contributed by atoms with Gasteiger partial charge < -0.3 is 15.2 Å². The van der Waals surface area contributed by atoms with Gasteiger partial charge in [0.2, 0.25) is 0 Å². The Hall–Kier alpha value is -3.19.